The highest BCUT2D eigenvalue weighted by atomic mass is 35.5. The van der Waals surface area contributed by atoms with Crippen molar-refractivity contribution in [2.24, 2.45) is 0 Å². The first-order valence-electron chi connectivity index (χ1n) is 6.22. The average molecular weight is 287 g/mol. The number of carbonyl (C=O) groups is 1. The molecular weight excluding hydrogens is 271 g/mol. The Morgan fingerprint density at radius 2 is 2.11 bits per heavy atom. The molecule has 3 nitrogen and oxygen atoms in total. The first-order valence-corrected chi connectivity index (χ1v) is 6.60. The van der Waals surface area contributed by atoms with Crippen LogP contribution >= 0.6 is 11.6 Å². The summed E-state index contributed by atoms with van der Waals surface area (Å²) in [5, 5.41) is 9.86. The molecule has 0 heterocycles. The van der Waals surface area contributed by atoms with Crippen molar-refractivity contribution < 1.29 is 19.0 Å². The van der Waals surface area contributed by atoms with E-state index < -0.39 is 17.2 Å². The molecule has 104 valence electrons. The Hall–Kier alpha value is -1.13. The van der Waals surface area contributed by atoms with Crippen molar-refractivity contribution in [1.29, 1.82) is 0 Å². The lowest BCUT2D eigenvalue weighted by Crippen LogP contribution is -2.34. The second kappa shape index (κ2) is 5.47. The van der Waals surface area contributed by atoms with Crippen molar-refractivity contribution in [2.75, 3.05) is 7.11 Å². The summed E-state index contributed by atoms with van der Waals surface area (Å²) in [6.07, 6.45) is 2.48. The summed E-state index contributed by atoms with van der Waals surface area (Å²) in [7, 11) is 1.46. The van der Waals surface area contributed by atoms with Gasteiger partial charge in [-0.25, -0.2) is 4.39 Å². The van der Waals surface area contributed by atoms with Gasteiger partial charge in [-0.15, -0.1) is 0 Å². The van der Waals surface area contributed by atoms with E-state index in [9.17, 15) is 14.3 Å². The molecule has 0 spiro atoms. The van der Waals surface area contributed by atoms with Crippen molar-refractivity contribution in [2.45, 2.75) is 37.7 Å². The fraction of sp³-hybridized carbons (Fsp3) is 0.500. The fourth-order valence-corrected chi connectivity index (χ4v) is 3.07. The van der Waals surface area contributed by atoms with E-state index in [1.165, 1.54) is 19.2 Å². The smallest absolute Gasteiger partial charge is 0.314 e. The zero-order valence-electron chi connectivity index (χ0n) is 10.7. The molecule has 1 aliphatic carbocycles. The van der Waals surface area contributed by atoms with Crippen LogP contribution in [0.15, 0.2) is 12.1 Å². The van der Waals surface area contributed by atoms with Crippen LogP contribution in [0.5, 0.6) is 0 Å². The van der Waals surface area contributed by atoms with E-state index >= 15 is 0 Å². The quantitative estimate of drug-likeness (QED) is 0.921. The van der Waals surface area contributed by atoms with Gasteiger partial charge in [-0.05, 0) is 25.0 Å². The molecule has 1 aromatic rings. The van der Waals surface area contributed by atoms with Gasteiger partial charge in [0.25, 0.3) is 0 Å². The summed E-state index contributed by atoms with van der Waals surface area (Å²) in [5.41, 5.74) is -0.646. The Morgan fingerprint density at radius 3 is 2.63 bits per heavy atom. The Bertz CT molecular complexity index is 496. The number of carboxylic acids is 1. The van der Waals surface area contributed by atoms with Crippen LogP contribution in [0, 0.1) is 5.82 Å². The molecule has 0 radical (unpaired) electrons. The Balaban J connectivity index is 2.57. The first kappa shape index (κ1) is 14.3. The van der Waals surface area contributed by atoms with Crippen LogP contribution in [0.4, 0.5) is 4.39 Å². The van der Waals surface area contributed by atoms with Crippen LogP contribution in [0.25, 0.3) is 0 Å². The van der Waals surface area contributed by atoms with Gasteiger partial charge in [-0.2, -0.15) is 0 Å². The molecule has 19 heavy (non-hydrogen) atoms. The largest absolute Gasteiger partial charge is 0.481 e. The average Bonchev–Trinajstić information content (AvgIpc) is 2.84. The van der Waals surface area contributed by atoms with Crippen LogP contribution in [-0.2, 0) is 21.6 Å². The number of hydrogen-bond acceptors (Lipinski definition) is 2. The maximum atomic E-state index is 14.5. The van der Waals surface area contributed by atoms with Gasteiger partial charge in [0, 0.05) is 23.3 Å². The summed E-state index contributed by atoms with van der Waals surface area (Å²) in [6.45, 7) is 0.0785. The number of methoxy groups -OCH3 is 1. The molecule has 1 saturated carbocycles. The van der Waals surface area contributed by atoms with E-state index in [0.29, 0.717) is 23.4 Å². The predicted octanol–water partition coefficient (Wildman–Crippen LogP) is 3.52. The van der Waals surface area contributed by atoms with E-state index in [2.05, 4.69) is 0 Å². The van der Waals surface area contributed by atoms with Crippen LogP contribution in [0.1, 0.15) is 36.8 Å². The SMILES string of the molecule is COCc1cc(Cl)cc(C2(C(=O)O)CCCC2)c1F. The van der Waals surface area contributed by atoms with E-state index in [4.69, 9.17) is 16.3 Å². The van der Waals surface area contributed by atoms with Crippen LogP contribution in [-0.4, -0.2) is 18.2 Å². The minimum atomic E-state index is -1.14. The highest BCUT2D eigenvalue weighted by Gasteiger charge is 2.45. The lowest BCUT2D eigenvalue weighted by Gasteiger charge is -2.26. The third kappa shape index (κ3) is 2.47. The van der Waals surface area contributed by atoms with Gasteiger partial charge in [0.05, 0.1) is 12.0 Å². The normalized spacial score (nSPS) is 17.6. The summed E-state index contributed by atoms with van der Waals surface area (Å²) in [6, 6.07) is 2.92. The van der Waals surface area contributed by atoms with Crippen LogP contribution < -0.4 is 0 Å². The Kier molecular flexibility index (Phi) is 4.11. The Labute approximate surface area is 116 Å². The number of carboxylic acid groups (broad SMARTS) is 1. The van der Waals surface area contributed by atoms with Crippen molar-refractivity contribution in [3.05, 3.63) is 34.1 Å². The second-order valence-electron chi connectivity index (χ2n) is 4.95. The highest BCUT2D eigenvalue weighted by Crippen LogP contribution is 2.43. The minimum absolute atomic E-state index is 0.0785. The highest BCUT2D eigenvalue weighted by molar-refractivity contribution is 6.30. The summed E-state index contributed by atoms with van der Waals surface area (Å²) in [5.74, 6) is -1.48. The van der Waals surface area contributed by atoms with E-state index in [1.807, 2.05) is 0 Å². The van der Waals surface area contributed by atoms with Crippen LogP contribution in [0.3, 0.4) is 0 Å². The number of rotatable bonds is 4. The van der Waals surface area contributed by atoms with E-state index in [0.717, 1.165) is 12.8 Å². The monoisotopic (exact) mass is 286 g/mol. The summed E-state index contributed by atoms with van der Waals surface area (Å²) >= 11 is 5.99. The van der Waals surface area contributed by atoms with Gasteiger partial charge in [0.1, 0.15) is 5.82 Å². The second-order valence-corrected chi connectivity index (χ2v) is 5.39. The Morgan fingerprint density at radius 1 is 1.47 bits per heavy atom. The molecule has 0 unspecified atom stereocenters. The molecule has 1 aliphatic rings. The standard InChI is InChI=1S/C14H16ClFO3/c1-19-8-9-6-10(15)7-11(12(9)16)14(13(17)18)4-2-3-5-14/h6-7H,2-5,8H2,1H3,(H,17,18). The van der Waals surface area contributed by atoms with Gasteiger partial charge >= 0.3 is 5.97 Å². The summed E-state index contributed by atoms with van der Waals surface area (Å²) in [4.78, 5) is 11.6. The van der Waals surface area contributed by atoms with Crippen molar-refractivity contribution in [1.82, 2.24) is 0 Å². The van der Waals surface area contributed by atoms with Crippen molar-refractivity contribution in [3.63, 3.8) is 0 Å². The van der Waals surface area contributed by atoms with Crippen molar-refractivity contribution >= 4 is 17.6 Å². The van der Waals surface area contributed by atoms with Gasteiger partial charge in [0.15, 0.2) is 0 Å². The third-order valence-corrected chi connectivity index (χ3v) is 4.01. The lowest BCUT2D eigenvalue weighted by atomic mass is 9.78. The molecule has 0 saturated heterocycles. The molecule has 0 amide bonds. The molecule has 1 fully saturated rings. The number of benzene rings is 1. The number of aliphatic carboxylic acids is 1. The number of hydrogen-bond donors (Lipinski definition) is 1. The molecule has 5 heteroatoms. The van der Waals surface area contributed by atoms with Gasteiger partial charge < -0.3 is 9.84 Å². The van der Waals surface area contributed by atoms with Gasteiger partial charge in [-0.1, -0.05) is 24.4 Å². The molecule has 0 bridgehead atoms. The molecule has 0 aliphatic heterocycles. The maximum Gasteiger partial charge on any atom is 0.314 e. The molecule has 0 atom stereocenters. The van der Waals surface area contributed by atoms with Gasteiger partial charge in [-0.3, -0.25) is 4.79 Å². The maximum absolute atomic E-state index is 14.5. The third-order valence-electron chi connectivity index (χ3n) is 3.79. The van der Waals surface area contributed by atoms with E-state index in [-0.39, 0.29) is 12.2 Å². The molecular formula is C14H16ClFO3. The van der Waals surface area contributed by atoms with Crippen molar-refractivity contribution in [3.8, 4) is 0 Å². The first-order chi connectivity index (χ1) is 9.01. The lowest BCUT2D eigenvalue weighted by molar-refractivity contribution is -0.143. The molecule has 1 aromatic carbocycles. The molecule has 2 rings (SSSR count). The zero-order chi connectivity index (χ0) is 14.0. The van der Waals surface area contributed by atoms with E-state index in [1.54, 1.807) is 0 Å². The topological polar surface area (TPSA) is 46.5 Å². The van der Waals surface area contributed by atoms with Gasteiger partial charge in [0.2, 0.25) is 0 Å². The fourth-order valence-electron chi connectivity index (χ4n) is 2.83. The van der Waals surface area contributed by atoms with Crippen LogP contribution in [0.2, 0.25) is 5.02 Å². The molecule has 0 aromatic heterocycles. The minimum Gasteiger partial charge on any atom is -0.481 e. The number of ether oxygens (including phenoxy) is 1. The summed E-state index contributed by atoms with van der Waals surface area (Å²) < 4.78 is 19.4. The number of halogens is 2. The predicted molar refractivity (Wildman–Crippen MR) is 69.9 cm³/mol. The zero-order valence-corrected chi connectivity index (χ0v) is 11.5. The molecule has 1 N–H and O–H groups in total.